The van der Waals surface area contributed by atoms with Crippen molar-refractivity contribution in [1.82, 2.24) is 0 Å². The number of nitrogens with zero attached hydrogens (tertiary/aromatic N) is 2. The van der Waals surface area contributed by atoms with Gasteiger partial charge in [-0.2, -0.15) is 10.5 Å². The number of benzene rings is 2. The van der Waals surface area contributed by atoms with E-state index in [4.69, 9.17) is 41.1 Å². The number of ether oxygens (including phenoxy) is 4. The molecule has 394 valence electrons. The van der Waals surface area contributed by atoms with E-state index in [1.165, 1.54) is 210 Å². The van der Waals surface area contributed by atoms with Crippen molar-refractivity contribution >= 4 is 11.6 Å². The third-order valence-electron chi connectivity index (χ3n) is 12.6. The molecule has 8 nitrogen and oxygen atoms in total. The fourth-order valence-corrected chi connectivity index (χ4v) is 8.43. The Hall–Kier alpha value is -2.67. The third kappa shape index (κ3) is 37.7. The molecule has 0 saturated heterocycles. The van der Waals surface area contributed by atoms with Crippen LogP contribution in [0.4, 0.5) is 8.78 Å². The maximum absolute atomic E-state index is 13.8. The van der Waals surface area contributed by atoms with E-state index < -0.39 is 23.8 Å². The molecular weight excluding hydrogens is 894 g/mol. The summed E-state index contributed by atoms with van der Waals surface area (Å²) in [5.74, 6) is -1.11. The van der Waals surface area contributed by atoms with Gasteiger partial charge in [0.2, 0.25) is 0 Å². The highest BCUT2D eigenvalue weighted by Gasteiger charge is 2.13. The van der Waals surface area contributed by atoms with E-state index in [1.54, 1.807) is 6.07 Å². The number of rotatable bonds is 46. The van der Waals surface area contributed by atoms with Crippen molar-refractivity contribution in [3.8, 4) is 12.1 Å². The van der Waals surface area contributed by atoms with Gasteiger partial charge in [0.1, 0.15) is 29.9 Å². The Balaban J connectivity index is 0.000000690. The second kappa shape index (κ2) is 47.6. The molecule has 0 radical (unpaired) electrons. The molecule has 0 aliphatic rings. The Bertz CT molecular complexity index is 1570. The molecule has 0 bridgehead atoms. The molecule has 69 heavy (non-hydrogen) atoms. The minimum Gasteiger partial charge on any atom is -0.394 e. The SMILES string of the molecule is CCCCCCCCCCCCCCCCCCOC[C@H](CO)OCc1cc(F)c(Cl)c(C#N)c1.CCCCCCCCCCCCCCCCCCOC[C@H](CO)OCc1cc(F)cc(C#N)c1. The van der Waals surface area contributed by atoms with Gasteiger partial charge in [-0.1, -0.05) is 218 Å². The lowest BCUT2D eigenvalue weighted by Crippen LogP contribution is -2.24. The highest BCUT2D eigenvalue weighted by Crippen LogP contribution is 2.22. The van der Waals surface area contributed by atoms with Gasteiger partial charge >= 0.3 is 0 Å². The summed E-state index contributed by atoms with van der Waals surface area (Å²) in [7, 11) is 0. The molecule has 11 heteroatoms. The summed E-state index contributed by atoms with van der Waals surface area (Å²) in [4.78, 5) is 0. The van der Waals surface area contributed by atoms with E-state index in [1.807, 2.05) is 12.1 Å². The zero-order valence-corrected chi connectivity index (χ0v) is 44.1. The Kier molecular flexibility index (Phi) is 44.4. The molecule has 2 aromatic carbocycles. The molecule has 0 unspecified atom stereocenters. The van der Waals surface area contributed by atoms with E-state index in [9.17, 15) is 19.0 Å². The van der Waals surface area contributed by atoms with E-state index in [-0.39, 0.29) is 49.2 Å². The van der Waals surface area contributed by atoms with Crippen LogP contribution in [0.2, 0.25) is 5.02 Å². The average Bonchev–Trinajstić information content (AvgIpc) is 3.35. The average molecular weight is 990 g/mol. The Morgan fingerprint density at radius 1 is 0.478 bits per heavy atom. The van der Waals surface area contributed by atoms with Crippen LogP contribution in [0.5, 0.6) is 0 Å². The molecule has 2 atom stereocenters. The molecule has 2 rings (SSSR count). The predicted octanol–water partition coefficient (Wildman–Crippen LogP) is 16.4. The van der Waals surface area contributed by atoms with Crippen LogP contribution in [-0.4, -0.2) is 62.1 Å². The maximum atomic E-state index is 13.8. The number of halogens is 3. The largest absolute Gasteiger partial charge is 0.394 e. The van der Waals surface area contributed by atoms with Crippen LogP contribution >= 0.6 is 11.6 Å². The second-order valence-electron chi connectivity index (χ2n) is 19.0. The lowest BCUT2D eigenvalue weighted by Gasteiger charge is -2.16. The van der Waals surface area contributed by atoms with E-state index in [0.29, 0.717) is 30.9 Å². The first-order valence-electron chi connectivity index (χ1n) is 27.5. The van der Waals surface area contributed by atoms with Gasteiger partial charge < -0.3 is 29.2 Å². The summed E-state index contributed by atoms with van der Waals surface area (Å²) in [5, 5.41) is 36.7. The van der Waals surface area contributed by atoms with Crippen molar-refractivity contribution in [2.45, 2.75) is 245 Å². The monoisotopic (exact) mass is 989 g/mol. The summed E-state index contributed by atoms with van der Waals surface area (Å²) in [6.45, 7) is 6.34. The van der Waals surface area contributed by atoms with Crippen LogP contribution in [0.15, 0.2) is 30.3 Å². The number of aliphatic hydroxyl groups is 2. The highest BCUT2D eigenvalue weighted by molar-refractivity contribution is 6.31. The van der Waals surface area contributed by atoms with E-state index in [2.05, 4.69) is 13.8 Å². The fraction of sp³-hybridized carbons (Fsp3) is 0.759. The molecule has 0 aliphatic heterocycles. The summed E-state index contributed by atoms with van der Waals surface area (Å²) in [5.41, 5.74) is 1.41. The fourth-order valence-electron chi connectivity index (χ4n) is 8.28. The quantitative estimate of drug-likeness (QED) is 0.0629. The zero-order valence-electron chi connectivity index (χ0n) is 43.4. The molecule has 0 aromatic heterocycles. The number of nitriles is 2. The zero-order chi connectivity index (χ0) is 50.3. The molecule has 0 fully saturated rings. The first kappa shape index (κ1) is 64.3. The normalized spacial score (nSPS) is 12.1. The van der Waals surface area contributed by atoms with Gasteiger partial charge in [-0.25, -0.2) is 8.78 Å². The standard InChI is InChI=1S/C29H47ClFNO3.C29H48FNO3/c1-2-3-4-5-6-7-8-9-10-11-12-13-14-15-16-17-18-34-24-27(22-33)35-23-25-19-26(21-32)29(30)28(31)20-25;1-2-3-4-5-6-7-8-9-10-11-12-13-14-15-16-17-18-33-25-29(23-32)34-24-27-19-26(22-31)20-28(30)21-27/h19-20,27,33H,2-18,22-24H2,1H3;19-21,29,32H,2-18,23-25H2,1H3/t27-;29-/m00/s1. The molecular formula is C58H95ClF2N2O6. The van der Waals surface area contributed by atoms with Crippen molar-refractivity contribution < 1.29 is 37.9 Å². The van der Waals surface area contributed by atoms with Gasteiger partial charge in [-0.3, -0.25) is 0 Å². The molecule has 0 saturated carbocycles. The maximum Gasteiger partial charge on any atom is 0.143 e. The van der Waals surface area contributed by atoms with Gasteiger partial charge in [-0.05, 0) is 54.3 Å². The Morgan fingerprint density at radius 3 is 1.16 bits per heavy atom. The van der Waals surface area contributed by atoms with E-state index in [0.717, 1.165) is 19.3 Å². The lowest BCUT2D eigenvalue weighted by atomic mass is 10.0. The molecule has 0 aliphatic carbocycles. The van der Waals surface area contributed by atoms with Crippen LogP contribution in [0.1, 0.15) is 242 Å². The van der Waals surface area contributed by atoms with Crippen LogP contribution < -0.4 is 0 Å². The van der Waals surface area contributed by atoms with Crippen LogP contribution in [0.25, 0.3) is 0 Å². The number of hydrogen-bond acceptors (Lipinski definition) is 8. The van der Waals surface area contributed by atoms with Gasteiger partial charge in [0.25, 0.3) is 0 Å². The summed E-state index contributed by atoms with van der Waals surface area (Å²) in [6.07, 6.45) is 41.9. The van der Waals surface area contributed by atoms with Crippen LogP contribution in [0.3, 0.4) is 0 Å². The molecule has 2 aromatic rings. The Morgan fingerprint density at radius 2 is 0.826 bits per heavy atom. The summed E-state index contributed by atoms with van der Waals surface area (Å²) >= 11 is 5.75. The minimum atomic E-state index is -0.649. The molecule has 0 amide bonds. The molecule has 2 N–H and O–H groups in total. The second-order valence-corrected chi connectivity index (χ2v) is 19.4. The smallest absolute Gasteiger partial charge is 0.143 e. The van der Waals surface area contributed by atoms with Crippen LogP contribution in [0, 0.1) is 34.3 Å². The van der Waals surface area contributed by atoms with Gasteiger partial charge in [-0.15, -0.1) is 0 Å². The van der Waals surface area contributed by atoms with E-state index >= 15 is 0 Å². The minimum absolute atomic E-state index is 0.0746. The van der Waals surface area contributed by atoms with Crippen molar-refractivity contribution in [1.29, 1.82) is 10.5 Å². The molecule has 0 heterocycles. The van der Waals surface area contributed by atoms with Crippen LogP contribution in [-0.2, 0) is 32.2 Å². The Labute approximate surface area is 424 Å². The number of aliphatic hydroxyl groups excluding tert-OH is 2. The van der Waals surface area contributed by atoms with Crippen molar-refractivity contribution in [3.63, 3.8) is 0 Å². The van der Waals surface area contributed by atoms with Gasteiger partial charge in [0.05, 0.1) is 61.9 Å². The lowest BCUT2D eigenvalue weighted by molar-refractivity contribution is -0.0503. The summed E-state index contributed by atoms with van der Waals surface area (Å²) in [6, 6.07) is 10.7. The predicted molar refractivity (Wildman–Crippen MR) is 279 cm³/mol. The topological polar surface area (TPSA) is 125 Å². The van der Waals surface area contributed by atoms with Crippen molar-refractivity contribution in [2.75, 3.05) is 39.6 Å². The van der Waals surface area contributed by atoms with Gasteiger partial charge in [0, 0.05) is 13.2 Å². The first-order valence-corrected chi connectivity index (χ1v) is 27.9. The van der Waals surface area contributed by atoms with Crippen molar-refractivity contribution in [3.05, 3.63) is 69.2 Å². The van der Waals surface area contributed by atoms with Gasteiger partial charge in [0.15, 0.2) is 0 Å². The number of unbranched alkanes of at least 4 members (excludes halogenated alkanes) is 30. The van der Waals surface area contributed by atoms with Crippen molar-refractivity contribution in [2.24, 2.45) is 0 Å². The number of hydrogen-bond donors (Lipinski definition) is 2. The molecule has 0 spiro atoms. The summed E-state index contributed by atoms with van der Waals surface area (Å²) < 4.78 is 49.8. The highest BCUT2D eigenvalue weighted by atomic mass is 35.5. The third-order valence-corrected chi connectivity index (χ3v) is 12.9. The first-order chi connectivity index (χ1) is 33.8.